The summed E-state index contributed by atoms with van der Waals surface area (Å²) in [7, 11) is 0. The van der Waals surface area contributed by atoms with Crippen LogP contribution in [0.2, 0.25) is 0 Å². The lowest BCUT2D eigenvalue weighted by molar-refractivity contribution is -0.184. The Labute approximate surface area is 183 Å². The van der Waals surface area contributed by atoms with Crippen molar-refractivity contribution >= 4 is 16.9 Å². The van der Waals surface area contributed by atoms with Crippen LogP contribution in [0.3, 0.4) is 0 Å². The van der Waals surface area contributed by atoms with E-state index in [4.69, 9.17) is 0 Å². The lowest BCUT2D eigenvalue weighted by atomic mass is 9.80. The summed E-state index contributed by atoms with van der Waals surface area (Å²) >= 11 is 0. The molecule has 0 radical (unpaired) electrons. The second-order valence-corrected chi connectivity index (χ2v) is 8.81. The molecule has 2 aliphatic rings. The van der Waals surface area contributed by atoms with Crippen LogP contribution in [0.1, 0.15) is 55.7 Å². The molecule has 1 atom stereocenters. The van der Waals surface area contributed by atoms with Gasteiger partial charge in [-0.3, -0.25) is 9.89 Å². The molecule has 2 aliphatic carbocycles. The van der Waals surface area contributed by atoms with Crippen LogP contribution in [-0.2, 0) is 11.2 Å². The highest BCUT2D eigenvalue weighted by Gasteiger charge is 2.42. The van der Waals surface area contributed by atoms with Gasteiger partial charge in [0.05, 0.1) is 29.2 Å². The van der Waals surface area contributed by atoms with Crippen LogP contribution in [0.15, 0.2) is 30.7 Å². The maximum atomic E-state index is 12.9. The van der Waals surface area contributed by atoms with E-state index in [0.29, 0.717) is 18.5 Å². The molecule has 9 heteroatoms. The number of halogens is 3. The minimum Gasteiger partial charge on any atom is -0.349 e. The fourth-order valence-corrected chi connectivity index (χ4v) is 5.08. The summed E-state index contributed by atoms with van der Waals surface area (Å²) in [5.74, 6) is -1.74. The number of aromatic amines is 1. The Kier molecular flexibility index (Phi) is 5.35. The number of rotatable bonds is 3. The Morgan fingerprint density at radius 3 is 2.69 bits per heavy atom. The summed E-state index contributed by atoms with van der Waals surface area (Å²) in [5.41, 5.74) is 4.69. The van der Waals surface area contributed by atoms with Crippen molar-refractivity contribution in [2.24, 2.45) is 11.8 Å². The van der Waals surface area contributed by atoms with Gasteiger partial charge in [-0.1, -0.05) is 12.1 Å². The highest BCUT2D eigenvalue weighted by atomic mass is 19.4. The Morgan fingerprint density at radius 1 is 1.09 bits per heavy atom. The first-order valence-electron chi connectivity index (χ1n) is 11.0. The number of hydrogen-bond acceptors (Lipinski definition) is 4. The molecule has 0 aliphatic heterocycles. The quantitative estimate of drug-likeness (QED) is 0.604. The van der Waals surface area contributed by atoms with Crippen LogP contribution in [0.25, 0.3) is 22.3 Å². The SMILES string of the molecule is O=C(NC1CCCc2cc(-c3ncnc4[nH]ncc34)ccc21)C1CCC(C(F)(F)F)CC1. The molecule has 1 amide bonds. The number of benzene rings is 1. The number of hydrogen-bond donors (Lipinski definition) is 2. The Morgan fingerprint density at radius 2 is 1.91 bits per heavy atom. The van der Waals surface area contributed by atoms with Crippen LogP contribution in [0.4, 0.5) is 13.2 Å². The van der Waals surface area contributed by atoms with E-state index in [0.717, 1.165) is 47.0 Å². The van der Waals surface area contributed by atoms with E-state index < -0.39 is 12.1 Å². The number of carbonyl (C=O) groups is 1. The van der Waals surface area contributed by atoms with Crippen LogP contribution in [-0.4, -0.2) is 32.2 Å². The van der Waals surface area contributed by atoms with Crippen molar-refractivity contribution in [1.29, 1.82) is 0 Å². The molecule has 2 aromatic heterocycles. The number of H-pyrrole nitrogens is 1. The fourth-order valence-electron chi connectivity index (χ4n) is 5.08. The summed E-state index contributed by atoms with van der Waals surface area (Å²) in [6.45, 7) is 0. The molecule has 2 N–H and O–H groups in total. The van der Waals surface area contributed by atoms with E-state index in [1.165, 1.54) is 6.33 Å². The normalized spacial score (nSPS) is 23.7. The smallest absolute Gasteiger partial charge is 0.349 e. The third kappa shape index (κ3) is 3.96. The zero-order valence-corrected chi connectivity index (χ0v) is 17.5. The van der Waals surface area contributed by atoms with Crippen LogP contribution in [0.5, 0.6) is 0 Å². The average molecular weight is 443 g/mol. The first kappa shape index (κ1) is 20.9. The van der Waals surface area contributed by atoms with Gasteiger partial charge in [-0.2, -0.15) is 18.3 Å². The molecule has 1 fully saturated rings. The van der Waals surface area contributed by atoms with E-state index in [1.54, 1.807) is 6.20 Å². The minimum atomic E-state index is -4.16. The molecule has 3 aromatic rings. The maximum absolute atomic E-state index is 12.9. The monoisotopic (exact) mass is 443 g/mol. The number of nitrogens with zero attached hydrogens (tertiary/aromatic N) is 3. The molecule has 1 aromatic carbocycles. The summed E-state index contributed by atoms with van der Waals surface area (Å²) in [6, 6.07) is 6.02. The van der Waals surface area contributed by atoms with Crippen LogP contribution in [0, 0.1) is 11.8 Å². The number of amides is 1. The number of carbonyl (C=O) groups excluding carboxylic acids is 1. The van der Waals surface area contributed by atoms with Gasteiger partial charge in [0.25, 0.3) is 0 Å². The van der Waals surface area contributed by atoms with E-state index >= 15 is 0 Å². The summed E-state index contributed by atoms with van der Waals surface area (Å²) in [4.78, 5) is 21.4. The Hall–Kier alpha value is -2.97. The lowest BCUT2D eigenvalue weighted by Gasteiger charge is -2.32. The molecule has 0 spiro atoms. The molecular formula is C23H24F3N5O. The predicted molar refractivity (Wildman–Crippen MR) is 112 cm³/mol. The van der Waals surface area contributed by atoms with Gasteiger partial charge in [-0.15, -0.1) is 0 Å². The molecule has 32 heavy (non-hydrogen) atoms. The molecule has 5 rings (SSSR count). The number of aryl methyl sites for hydroxylation is 1. The second-order valence-electron chi connectivity index (χ2n) is 8.81. The van der Waals surface area contributed by atoms with E-state index in [9.17, 15) is 18.0 Å². The molecule has 0 saturated heterocycles. The van der Waals surface area contributed by atoms with Crippen molar-refractivity contribution in [2.75, 3.05) is 0 Å². The first-order chi connectivity index (χ1) is 15.4. The fraction of sp³-hybridized carbons (Fsp3) is 0.478. The van der Waals surface area contributed by atoms with Gasteiger partial charge in [0, 0.05) is 11.5 Å². The Bertz CT molecular complexity index is 1130. The van der Waals surface area contributed by atoms with E-state index in [1.807, 2.05) is 12.1 Å². The molecule has 1 unspecified atom stereocenters. The van der Waals surface area contributed by atoms with Gasteiger partial charge < -0.3 is 5.32 Å². The molecular weight excluding hydrogens is 419 g/mol. The zero-order chi connectivity index (χ0) is 22.3. The van der Waals surface area contributed by atoms with Crippen LogP contribution >= 0.6 is 0 Å². The van der Waals surface area contributed by atoms with Crippen molar-refractivity contribution < 1.29 is 18.0 Å². The van der Waals surface area contributed by atoms with Crippen molar-refractivity contribution in [3.05, 3.63) is 41.9 Å². The van der Waals surface area contributed by atoms with E-state index in [-0.39, 0.29) is 30.7 Å². The van der Waals surface area contributed by atoms with Gasteiger partial charge in [0.1, 0.15) is 6.33 Å². The van der Waals surface area contributed by atoms with Gasteiger partial charge in [-0.25, -0.2) is 9.97 Å². The second kappa shape index (κ2) is 8.18. The van der Waals surface area contributed by atoms with Crippen molar-refractivity contribution in [3.8, 4) is 11.3 Å². The number of alkyl halides is 3. The van der Waals surface area contributed by atoms with Crippen molar-refractivity contribution in [3.63, 3.8) is 0 Å². The highest BCUT2D eigenvalue weighted by molar-refractivity contribution is 5.89. The molecule has 168 valence electrons. The van der Waals surface area contributed by atoms with Gasteiger partial charge >= 0.3 is 6.18 Å². The van der Waals surface area contributed by atoms with Gasteiger partial charge in [0.2, 0.25) is 5.91 Å². The largest absolute Gasteiger partial charge is 0.391 e. The summed E-state index contributed by atoms with van der Waals surface area (Å²) < 4.78 is 38.8. The standard InChI is InChI=1S/C23H24F3N5O/c24-23(25,26)16-7-4-13(5-8-16)22(32)30-19-3-1-2-14-10-15(6-9-17(14)19)20-18-11-29-31-21(18)28-12-27-20/h6,9-13,16,19H,1-5,7-8H2,(H,30,32)(H,27,28,29,31). The van der Waals surface area contributed by atoms with Crippen molar-refractivity contribution in [2.45, 2.75) is 57.2 Å². The third-order valence-corrected chi connectivity index (χ3v) is 6.86. The summed E-state index contributed by atoms with van der Waals surface area (Å²) in [6.07, 6.45) is 2.39. The van der Waals surface area contributed by atoms with E-state index in [2.05, 4.69) is 31.5 Å². The molecule has 1 saturated carbocycles. The number of fused-ring (bicyclic) bond motifs is 2. The van der Waals surface area contributed by atoms with Gasteiger partial charge in [-0.05, 0) is 62.1 Å². The molecule has 6 nitrogen and oxygen atoms in total. The third-order valence-electron chi connectivity index (χ3n) is 6.86. The number of aromatic nitrogens is 4. The topological polar surface area (TPSA) is 83.6 Å². The van der Waals surface area contributed by atoms with Crippen LogP contribution < -0.4 is 5.32 Å². The zero-order valence-electron chi connectivity index (χ0n) is 17.5. The minimum absolute atomic E-state index is 0.0353. The highest BCUT2D eigenvalue weighted by Crippen LogP contribution is 2.40. The Balaban J connectivity index is 1.31. The maximum Gasteiger partial charge on any atom is 0.391 e. The molecule has 2 heterocycles. The van der Waals surface area contributed by atoms with Crippen molar-refractivity contribution in [1.82, 2.24) is 25.5 Å². The lowest BCUT2D eigenvalue weighted by Crippen LogP contribution is -2.38. The van der Waals surface area contributed by atoms with Gasteiger partial charge in [0.15, 0.2) is 5.65 Å². The number of nitrogens with one attached hydrogen (secondary N) is 2. The first-order valence-corrected chi connectivity index (χ1v) is 11.0. The summed E-state index contributed by atoms with van der Waals surface area (Å²) in [5, 5.41) is 10.9. The average Bonchev–Trinajstić information content (AvgIpc) is 3.27. The predicted octanol–water partition coefficient (Wildman–Crippen LogP) is 4.88. The molecule has 0 bridgehead atoms.